The number of carbonyl (C=O) groups is 1. The molecule has 188 valence electrons. The molecule has 0 saturated carbocycles. The Bertz CT molecular complexity index is 1640. The fourth-order valence-electron chi connectivity index (χ4n) is 6.31. The predicted octanol–water partition coefficient (Wildman–Crippen LogP) is 6.89. The molecule has 2 aliphatic carbocycles. The maximum absolute atomic E-state index is 13.8. The van der Waals surface area contributed by atoms with Crippen molar-refractivity contribution in [2.75, 3.05) is 0 Å². The van der Waals surface area contributed by atoms with Crippen LogP contribution in [0.25, 0.3) is 32.9 Å². The van der Waals surface area contributed by atoms with Crippen LogP contribution >= 0.6 is 0 Å². The highest BCUT2D eigenvalue weighted by Gasteiger charge is 2.50. The van der Waals surface area contributed by atoms with Gasteiger partial charge in [-0.3, -0.25) is 4.98 Å². The number of hydrogen-bond acceptors (Lipinski definition) is 3. The molecule has 0 spiro atoms. The SMILES string of the molecule is [C-]#[N+]C1=C[C@@]2(C)c3c(c(-c4ccc(C)cc4)nn3-c3ccc(-c4cncc(F)c4)cc3)CC[C@@H]2[C@@H](C)C1=O. The summed E-state index contributed by atoms with van der Waals surface area (Å²) in [5, 5.41) is 5.16. The molecule has 6 rings (SSSR count). The Morgan fingerprint density at radius 1 is 1.05 bits per heavy atom. The summed E-state index contributed by atoms with van der Waals surface area (Å²) in [7, 11) is 0. The summed E-state index contributed by atoms with van der Waals surface area (Å²) in [5.74, 6) is -0.607. The van der Waals surface area contributed by atoms with Gasteiger partial charge in [0.1, 0.15) is 5.82 Å². The van der Waals surface area contributed by atoms with Gasteiger partial charge >= 0.3 is 0 Å². The largest absolute Gasteiger partial charge is 0.308 e. The number of rotatable bonds is 3. The van der Waals surface area contributed by atoms with Gasteiger partial charge in [0.05, 0.1) is 29.8 Å². The minimum atomic E-state index is -0.526. The molecule has 38 heavy (non-hydrogen) atoms. The van der Waals surface area contributed by atoms with Crippen molar-refractivity contribution < 1.29 is 9.18 Å². The van der Waals surface area contributed by atoms with Crippen molar-refractivity contribution in [3.8, 4) is 28.1 Å². The smallest absolute Gasteiger partial charge is 0.226 e. The Hall–Kier alpha value is -4.37. The summed E-state index contributed by atoms with van der Waals surface area (Å²) in [4.78, 5) is 20.5. The van der Waals surface area contributed by atoms with Crippen LogP contribution in [-0.2, 0) is 16.6 Å². The van der Waals surface area contributed by atoms with Gasteiger partial charge in [0.25, 0.3) is 0 Å². The molecule has 6 heteroatoms. The second kappa shape index (κ2) is 8.88. The molecule has 4 aromatic rings. The Labute approximate surface area is 221 Å². The molecule has 0 N–H and O–H groups in total. The third-order valence-corrected chi connectivity index (χ3v) is 8.27. The van der Waals surface area contributed by atoms with E-state index < -0.39 is 5.41 Å². The highest BCUT2D eigenvalue weighted by Crippen LogP contribution is 2.52. The molecule has 0 radical (unpaired) electrons. The molecule has 0 fully saturated rings. The molecule has 2 aromatic carbocycles. The fourth-order valence-corrected chi connectivity index (χ4v) is 6.31. The number of pyridine rings is 1. The number of aromatic nitrogens is 3. The van der Waals surface area contributed by atoms with Gasteiger partial charge in [-0.1, -0.05) is 61.9 Å². The van der Waals surface area contributed by atoms with E-state index in [4.69, 9.17) is 11.7 Å². The van der Waals surface area contributed by atoms with Crippen molar-refractivity contribution >= 4 is 5.78 Å². The lowest BCUT2D eigenvalue weighted by atomic mass is 9.58. The summed E-state index contributed by atoms with van der Waals surface area (Å²) in [6, 6.07) is 17.7. The first-order valence-corrected chi connectivity index (χ1v) is 12.9. The van der Waals surface area contributed by atoms with Crippen LogP contribution < -0.4 is 0 Å². The topological polar surface area (TPSA) is 52.1 Å². The van der Waals surface area contributed by atoms with E-state index in [1.165, 1.54) is 17.8 Å². The number of hydrogen-bond donors (Lipinski definition) is 0. The van der Waals surface area contributed by atoms with Crippen molar-refractivity contribution in [3.05, 3.63) is 113 Å². The normalized spacial score (nSPS) is 22.3. The van der Waals surface area contributed by atoms with Gasteiger partial charge in [-0.05, 0) is 49.4 Å². The monoisotopic (exact) mass is 502 g/mol. The summed E-state index contributed by atoms with van der Waals surface area (Å²) in [5.41, 5.74) is 7.47. The van der Waals surface area contributed by atoms with E-state index in [2.05, 4.69) is 47.9 Å². The first-order chi connectivity index (χ1) is 18.3. The van der Waals surface area contributed by atoms with E-state index in [9.17, 15) is 9.18 Å². The van der Waals surface area contributed by atoms with Crippen molar-refractivity contribution in [1.82, 2.24) is 14.8 Å². The minimum Gasteiger partial charge on any atom is -0.308 e. The maximum atomic E-state index is 13.8. The molecule has 5 nitrogen and oxygen atoms in total. The van der Waals surface area contributed by atoms with Crippen LogP contribution in [0.5, 0.6) is 0 Å². The number of aryl methyl sites for hydroxylation is 1. The van der Waals surface area contributed by atoms with Crippen molar-refractivity contribution in [1.29, 1.82) is 0 Å². The highest BCUT2D eigenvalue weighted by molar-refractivity contribution is 6.00. The fraction of sp³-hybridized carbons (Fsp3) is 0.250. The molecule has 0 bridgehead atoms. The highest BCUT2D eigenvalue weighted by atomic mass is 19.1. The third kappa shape index (κ3) is 3.69. The van der Waals surface area contributed by atoms with E-state index in [0.29, 0.717) is 5.56 Å². The van der Waals surface area contributed by atoms with Crippen LogP contribution in [0.1, 0.15) is 37.1 Å². The molecule has 0 amide bonds. The van der Waals surface area contributed by atoms with Crippen LogP contribution in [0.15, 0.2) is 78.8 Å². The van der Waals surface area contributed by atoms with E-state index in [1.807, 2.05) is 41.9 Å². The van der Waals surface area contributed by atoms with Gasteiger partial charge in [0, 0.05) is 34.2 Å². The van der Waals surface area contributed by atoms with Gasteiger partial charge in [-0.15, -0.1) is 0 Å². The molecular weight excluding hydrogens is 475 g/mol. The summed E-state index contributed by atoms with van der Waals surface area (Å²) < 4.78 is 15.8. The van der Waals surface area contributed by atoms with Crippen LogP contribution in [-0.4, -0.2) is 20.5 Å². The molecule has 2 heterocycles. The summed E-state index contributed by atoms with van der Waals surface area (Å²) in [6.45, 7) is 13.8. The number of ketones is 1. The standard InChI is InChI=1S/C32H27FN4O/c1-19-5-7-22(8-6-19)29-26-13-14-27-20(2)30(38)28(34-4)16-32(27,3)31(26)37(36-29)25-11-9-21(10-12-25)23-15-24(33)18-35-17-23/h5-12,15-18,20,27H,13-14H2,1-3H3/t20-,27-,32-/m1/s1. The van der Waals surface area contributed by atoms with E-state index >= 15 is 0 Å². The maximum Gasteiger partial charge on any atom is 0.226 e. The first kappa shape index (κ1) is 24.0. The molecule has 0 saturated heterocycles. The molecule has 2 aliphatic rings. The molecule has 0 unspecified atom stereocenters. The number of allylic oxidation sites excluding steroid dienone is 2. The quantitative estimate of drug-likeness (QED) is 0.287. The number of fused-ring (bicyclic) bond motifs is 3. The van der Waals surface area contributed by atoms with Crippen LogP contribution in [0, 0.1) is 31.1 Å². The Morgan fingerprint density at radius 3 is 2.45 bits per heavy atom. The predicted molar refractivity (Wildman–Crippen MR) is 145 cm³/mol. The van der Waals surface area contributed by atoms with E-state index in [-0.39, 0.29) is 29.1 Å². The van der Waals surface area contributed by atoms with Gasteiger partial charge in [0.15, 0.2) is 5.78 Å². The first-order valence-electron chi connectivity index (χ1n) is 12.9. The summed E-state index contributed by atoms with van der Waals surface area (Å²) in [6.07, 6.45) is 6.39. The van der Waals surface area contributed by atoms with Gasteiger partial charge in [-0.25, -0.2) is 13.9 Å². The van der Waals surface area contributed by atoms with Crippen molar-refractivity contribution in [2.24, 2.45) is 11.8 Å². The van der Waals surface area contributed by atoms with Gasteiger partial charge in [-0.2, -0.15) is 5.10 Å². The zero-order valence-corrected chi connectivity index (χ0v) is 21.6. The van der Waals surface area contributed by atoms with Gasteiger partial charge < -0.3 is 4.79 Å². The van der Waals surface area contributed by atoms with Crippen LogP contribution in [0.4, 0.5) is 4.39 Å². The van der Waals surface area contributed by atoms with Crippen LogP contribution in [0.2, 0.25) is 0 Å². The lowest BCUT2D eigenvalue weighted by Gasteiger charge is -2.45. The minimum absolute atomic E-state index is 0.0659. The number of Topliss-reactive ketones (excluding diaryl/α,β-unsaturated/α-hetero) is 1. The number of nitrogens with zero attached hydrogens (tertiary/aromatic N) is 4. The molecule has 0 aliphatic heterocycles. The lowest BCUT2D eigenvalue weighted by Crippen LogP contribution is -2.46. The summed E-state index contributed by atoms with van der Waals surface area (Å²) >= 11 is 0. The Morgan fingerprint density at radius 2 is 1.76 bits per heavy atom. The second-order valence-electron chi connectivity index (χ2n) is 10.6. The van der Waals surface area contributed by atoms with Crippen LogP contribution in [0.3, 0.4) is 0 Å². The zero-order chi connectivity index (χ0) is 26.6. The van der Waals surface area contributed by atoms with Crippen molar-refractivity contribution in [3.63, 3.8) is 0 Å². The Balaban J connectivity index is 1.56. The zero-order valence-electron chi connectivity index (χ0n) is 21.6. The molecule has 3 atom stereocenters. The third-order valence-electron chi connectivity index (χ3n) is 8.27. The van der Waals surface area contributed by atoms with Crippen molar-refractivity contribution in [2.45, 2.75) is 39.0 Å². The molecule has 2 aromatic heterocycles. The Kier molecular flexibility index (Phi) is 5.61. The van der Waals surface area contributed by atoms with E-state index in [0.717, 1.165) is 46.6 Å². The lowest BCUT2D eigenvalue weighted by molar-refractivity contribution is -0.121. The average Bonchev–Trinajstić information content (AvgIpc) is 3.32. The number of halogens is 1. The van der Waals surface area contributed by atoms with Gasteiger partial charge in [0.2, 0.25) is 5.70 Å². The molecular formula is C32H27FN4O. The van der Waals surface area contributed by atoms with E-state index in [1.54, 1.807) is 6.20 Å². The number of carbonyl (C=O) groups excluding carboxylic acids is 1. The second-order valence-corrected chi connectivity index (χ2v) is 10.6. The number of benzene rings is 2. The average molecular weight is 503 g/mol.